The summed E-state index contributed by atoms with van der Waals surface area (Å²) in [6.45, 7) is 3.85. The highest BCUT2D eigenvalue weighted by Crippen LogP contribution is 2.15. The molecule has 3 aromatic rings. The maximum absolute atomic E-state index is 6.48. The van der Waals surface area contributed by atoms with Crippen LogP contribution in [0.3, 0.4) is 0 Å². The van der Waals surface area contributed by atoms with Crippen LogP contribution in [0.2, 0.25) is 0 Å². The molecule has 22 radical (unpaired) electrons. The first-order valence-corrected chi connectivity index (χ1v) is 9.12. The molecule has 0 aliphatic carbocycles. The Labute approximate surface area is 193 Å². The molecule has 0 amide bonds. The lowest BCUT2D eigenvalue weighted by Gasteiger charge is -2.30. The first-order chi connectivity index (χ1) is 13.8. The van der Waals surface area contributed by atoms with Crippen molar-refractivity contribution in [3.63, 3.8) is 0 Å². The standard InChI is InChI=1S/C19H7B11/c1-3(2)4-10(21)13(24)7(14(25)11(4)22)5-9(20)6-8(15(26)12(5)23)17(28)19(30)18(29)16(6)27/h3H,1-2H3. The van der Waals surface area contributed by atoms with Crippen LogP contribution in [0, 0.1) is 0 Å². The van der Waals surface area contributed by atoms with E-state index in [0.717, 1.165) is 0 Å². The Morgan fingerprint density at radius 3 is 1.07 bits per heavy atom. The average Bonchev–Trinajstić information content (AvgIpc) is 2.68. The van der Waals surface area contributed by atoms with Crippen molar-refractivity contribution in [2.45, 2.75) is 19.8 Å². The quantitative estimate of drug-likeness (QED) is 0.401. The number of rotatable bonds is 2. The van der Waals surface area contributed by atoms with Crippen LogP contribution in [-0.4, -0.2) is 86.3 Å². The van der Waals surface area contributed by atoms with Crippen LogP contribution in [0.1, 0.15) is 25.3 Å². The van der Waals surface area contributed by atoms with Crippen LogP contribution in [0.25, 0.3) is 21.9 Å². The summed E-state index contributed by atoms with van der Waals surface area (Å²) in [7, 11) is 68.8. The molecular formula is C19H7B11. The van der Waals surface area contributed by atoms with Crippen molar-refractivity contribution in [3.8, 4) is 11.1 Å². The van der Waals surface area contributed by atoms with Crippen LogP contribution >= 0.6 is 0 Å². The molecule has 0 aliphatic heterocycles. The molecule has 3 rings (SSSR count). The van der Waals surface area contributed by atoms with Crippen LogP contribution < -0.4 is 60.1 Å². The van der Waals surface area contributed by atoms with E-state index in [1.54, 1.807) is 0 Å². The molecule has 0 heterocycles. The Kier molecular flexibility index (Phi) is 6.18. The monoisotopic (exact) mass is 356 g/mol. The summed E-state index contributed by atoms with van der Waals surface area (Å²) in [4.78, 5) is 0. The molecule has 0 atom stereocenters. The molecule has 0 nitrogen and oxygen atoms in total. The zero-order chi connectivity index (χ0) is 22.8. The molecule has 0 saturated heterocycles. The van der Waals surface area contributed by atoms with Gasteiger partial charge in [-0.2, -0.15) is 0 Å². The highest BCUT2D eigenvalue weighted by Gasteiger charge is 2.22. The minimum Gasteiger partial charge on any atom is -0.110 e. The minimum atomic E-state index is -0.0155. The van der Waals surface area contributed by atoms with Gasteiger partial charge in [0.15, 0.2) is 0 Å². The second-order valence-corrected chi connectivity index (χ2v) is 7.62. The molecule has 30 heavy (non-hydrogen) atoms. The van der Waals surface area contributed by atoms with Crippen molar-refractivity contribution in [1.82, 2.24) is 0 Å². The van der Waals surface area contributed by atoms with E-state index in [1.165, 1.54) is 0 Å². The van der Waals surface area contributed by atoms with E-state index in [2.05, 4.69) is 0 Å². The Hall–Kier alpha value is -1.37. The van der Waals surface area contributed by atoms with Gasteiger partial charge in [-0.3, -0.25) is 0 Å². The van der Waals surface area contributed by atoms with Gasteiger partial charge in [-0.1, -0.05) is 57.7 Å². The van der Waals surface area contributed by atoms with Crippen LogP contribution in [0.4, 0.5) is 0 Å². The molecule has 0 unspecified atom stereocenters. The first kappa shape index (κ1) is 23.3. The SMILES string of the molecule is [B]c1c([B])c(C(C)C)c([B])c([B])c1-c1c([B])c([B])c2c([B])c([B])c([B])c([B])c2c1[B]. The molecule has 0 fully saturated rings. The van der Waals surface area contributed by atoms with Crippen LogP contribution in [-0.2, 0) is 0 Å². The van der Waals surface area contributed by atoms with E-state index in [9.17, 15) is 0 Å². The van der Waals surface area contributed by atoms with Gasteiger partial charge < -0.3 is 0 Å². The second-order valence-electron chi connectivity index (χ2n) is 7.62. The molecule has 11 heteroatoms. The minimum absolute atomic E-state index is 0.0155. The maximum Gasteiger partial charge on any atom is 0.115 e. The fourth-order valence-corrected chi connectivity index (χ4v) is 3.94. The zero-order valence-electron chi connectivity index (χ0n) is 16.9. The molecule has 0 bridgehead atoms. The lowest BCUT2D eigenvalue weighted by Crippen LogP contribution is -2.53. The lowest BCUT2D eigenvalue weighted by atomic mass is 9.56. The van der Waals surface area contributed by atoms with Crippen LogP contribution in [0.5, 0.6) is 0 Å². The second kappa shape index (κ2) is 7.96. The van der Waals surface area contributed by atoms with E-state index in [4.69, 9.17) is 86.3 Å². The Morgan fingerprint density at radius 1 is 0.367 bits per heavy atom. The van der Waals surface area contributed by atoms with E-state index in [-0.39, 0.29) is 77.1 Å². The smallest absolute Gasteiger partial charge is 0.110 e. The van der Waals surface area contributed by atoms with E-state index in [1.807, 2.05) is 13.8 Å². The van der Waals surface area contributed by atoms with Crippen molar-refractivity contribution < 1.29 is 0 Å². The van der Waals surface area contributed by atoms with Gasteiger partial charge >= 0.3 is 0 Å². The molecule has 3 aromatic carbocycles. The van der Waals surface area contributed by atoms with Crippen molar-refractivity contribution in [1.29, 1.82) is 0 Å². The molecule has 0 saturated carbocycles. The number of fused-ring (bicyclic) bond motifs is 1. The van der Waals surface area contributed by atoms with Crippen molar-refractivity contribution in [2.75, 3.05) is 0 Å². The van der Waals surface area contributed by atoms with Gasteiger partial charge in [-0.15, -0.1) is 21.9 Å². The third-order valence-corrected chi connectivity index (χ3v) is 5.55. The molecule has 0 aliphatic rings. The van der Waals surface area contributed by atoms with Crippen molar-refractivity contribution >= 4 is 157 Å². The fourth-order valence-electron chi connectivity index (χ4n) is 3.94. The van der Waals surface area contributed by atoms with E-state index >= 15 is 0 Å². The highest BCUT2D eigenvalue weighted by atomic mass is 14.2. The zero-order valence-corrected chi connectivity index (χ0v) is 16.9. The number of hydrogen-bond acceptors (Lipinski definition) is 0. The molecule has 0 N–H and O–H groups in total. The van der Waals surface area contributed by atoms with Gasteiger partial charge in [0.05, 0.1) is 0 Å². The summed E-state index contributed by atoms with van der Waals surface area (Å²) in [6.07, 6.45) is 0. The summed E-state index contributed by atoms with van der Waals surface area (Å²) in [5.74, 6) is -0.0155. The molecule has 0 aromatic heterocycles. The van der Waals surface area contributed by atoms with Crippen molar-refractivity contribution in [3.05, 3.63) is 5.56 Å². The summed E-state index contributed by atoms with van der Waals surface area (Å²) >= 11 is 0. The predicted octanol–water partition coefficient (Wildman–Crippen LogP) is -7.64. The van der Waals surface area contributed by atoms with Gasteiger partial charge in [0.1, 0.15) is 86.3 Å². The number of hydrogen-bond donors (Lipinski definition) is 0. The summed E-state index contributed by atoms with van der Waals surface area (Å²) in [6, 6.07) is 0. The van der Waals surface area contributed by atoms with Gasteiger partial charge in [-0.05, 0) is 27.8 Å². The van der Waals surface area contributed by atoms with Crippen LogP contribution in [0.15, 0.2) is 0 Å². The lowest BCUT2D eigenvalue weighted by molar-refractivity contribution is 0.881. The largest absolute Gasteiger partial charge is 0.115 e. The third kappa shape index (κ3) is 3.14. The maximum atomic E-state index is 6.48. The third-order valence-electron chi connectivity index (χ3n) is 5.55. The Bertz CT molecular complexity index is 1200. The Balaban J connectivity index is 2.61. The topological polar surface area (TPSA) is 0 Å². The van der Waals surface area contributed by atoms with Gasteiger partial charge in [0, 0.05) is 0 Å². The predicted molar refractivity (Wildman–Crippen MR) is 143 cm³/mol. The van der Waals surface area contributed by atoms with Gasteiger partial charge in [0.2, 0.25) is 0 Å². The first-order valence-electron chi connectivity index (χ1n) is 9.12. The molecule has 116 valence electrons. The van der Waals surface area contributed by atoms with Crippen molar-refractivity contribution in [2.24, 2.45) is 0 Å². The number of benzene rings is 3. The van der Waals surface area contributed by atoms with Gasteiger partial charge in [-0.25, -0.2) is 0 Å². The van der Waals surface area contributed by atoms with E-state index < -0.39 is 0 Å². The van der Waals surface area contributed by atoms with E-state index in [0.29, 0.717) is 16.3 Å². The van der Waals surface area contributed by atoms with Gasteiger partial charge in [0.25, 0.3) is 0 Å². The molecular weight excluding hydrogens is 347 g/mol. The molecule has 0 spiro atoms. The Morgan fingerprint density at radius 2 is 0.667 bits per heavy atom. The summed E-state index contributed by atoms with van der Waals surface area (Å²) in [5.41, 5.74) is 2.81. The summed E-state index contributed by atoms with van der Waals surface area (Å²) in [5, 5.41) is 0.597. The normalized spacial score (nSPS) is 11.4. The highest BCUT2D eigenvalue weighted by molar-refractivity contribution is 6.73. The average molecular weight is 354 g/mol. The fraction of sp³-hybridized carbons (Fsp3) is 0.158. The summed E-state index contributed by atoms with van der Waals surface area (Å²) < 4.78 is 0.